The summed E-state index contributed by atoms with van der Waals surface area (Å²) in [6, 6.07) is 7.77. The summed E-state index contributed by atoms with van der Waals surface area (Å²) in [4.78, 5) is 12.4. The molecule has 3 nitrogen and oxygen atoms in total. The van der Waals surface area contributed by atoms with Crippen molar-refractivity contribution in [2.24, 2.45) is 11.7 Å². The Labute approximate surface area is 113 Å². The van der Waals surface area contributed by atoms with Crippen LogP contribution in [0.5, 0.6) is 0 Å². The number of thiocarbonyl (C=S) groups is 1. The lowest BCUT2D eigenvalue weighted by Crippen LogP contribution is -2.45. The number of amides is 1. The highest BCUT2D eigenvalue weighted by Crippen LogP contribution is 2.32. The molecular formula is C14H18N2OS. The summed E-state index contributed by atoms with van der Waals surface area (Å²) in [5, 5.41) is 2.95. The predicted molar refractivity (Wildman–Crippen MR) is 76.3 cm³/mol. The van der Waals surface area contributed by atoms with Gasteiger partial charge in [0.15, 0.2) is 0 Å². The highest BCUT2D eigenvalue weighted by atomic mass is 32.1. The van der Waals surface area contributed by atoms with Gasteiger partial charge in [-0.15, -0.1) is 0 Å². The molecule has 0 spiro atoms. The number of hydrogen-bond donors (Lipinski definition) is 2. The molecule has 1 aliphatic carbocycles. The van der Waals surface area contributed by atoms with E-state index in [0.717, 1.165) is 24.0 Å². The number of nitrogens with one attached hydrogen (secondary N) is 1. The van der Waals surface area contributed by atoms with E-state index in [4.69, 9.17) is 18.0 Å². The van der Waals surface area contributed by atoms with Gasteiger partial charge in [-0.05, 0) is 36.8 Å². The molecule has 0 radical (unpaired) electrons. The van der Waals surface area contributed by atoms with Gasteiger partial charge in [0.05, 0.1) is 17.5 Å². The quantitative estimate of drug-likeness (QED) is 0.794. The fourth-order valence-corrected chi connectivity index (χ4v) is 2.31. The van der Waals surface area contributed by atoms with Crippen LogP contribution in [-0.2, 0) is 11.2 Å². The molecule has 1 saturated carbocycles. The van der Waals surface area contributed by atoms with E-state index >= 15 is 0 Å². The molecule has 0 saturated heterocycles. The van der Waals surface area contributed by atoms with Crippen LogP contribution < -0.4 is 11.1 Å². The zero-order chi connectivity index (χ0) is 13.1. The normalized spacial score (nSPS) is 16.1. The van der Waals surface area contributed by atoms with Gasteiger partial charge < -0.3 is 11.1 Å². The van der Waals surface area contributed by atoms with Crippen molar-refractivity contribution in [3.8, 4) is 0 Å². The second-order valence-electron chi connectivity index (χ2n) is 4.89. The van der Waals surface area contributed by atoms with E-state index < -0.39 is 0 Å². The molecule has 1 fully saturated rings. The van der Waals surface area contributed by atoms with E-state index in [1.165, 1.54) is 0 Å². The highest BCUT2D eigenvalue weighted by Gasteiger charge is 2.34. The van der Waals surface area contributed by atoms with Gasteiger partial charge in [0.2, 0.25) is 5.91 Å². The van der Waals surface area contributed by atoms with Crippen LogP contribution >= 0.6 is 12.2 Å². The van der Waals surface area contributed by atoms with Gasteiger partial charge in [0, 0.05) is 0 Å². The molecule has 1 aliphatic rings. The van der Waals surface area contributed by atoms with Crippen LogP contribution in [0.15, 0.2) is 24.3 Å². The predicted octanol–water partition coefficient (Wildman–Crippen LogP) is 1.72. The fraction of sp³-hybridized carbons (Fsp3) is 0.429. The Hall–Kier alpha value is -1.42. The molecule has 1 amide bonds. The third-order valence-electron chi connectivity index (χ3n) is 3.33. The Morgan fingerprint density at radius 3 is 2.72 bits per heavy atom. The van der Waals surface area contributed by atoms with E-state index in [2.05, 4.69) is 5.32 Å². The van der Waals surface area contributed by atoms with Crippen molar-refractivity contribution in [1.29, 1.82) is 0 Å². The van der Waals surface area contributed by atoms with Crippen LogP contribution in [0.2, 0.25) is 0 Å². The van der Waals surface area contributed by atoms with E-state index in [9.17, 15) is 4.79 Å². The van der Waals surface area contributed by atoms with Gasteiger partial charge in [-0.25, -0.2) is 0 Å². The van der Waals surface area contributed by atoms with E-state index in [-0.39, 0.29) is 11.9 Å². The van der Waals surface area contributed by atoms with Gasteiger partial charge in [-0.3, -0.25) is 4.79 Å². The van der Waals surface area contributed by atoms with Crippen molar-refractivity contribution in [2.75, 3.05) is 0 Å². The average Bonchev–Trinajstić information content (AvgIpc) is 3.13. The number of rotatable bonds is 5. The molecule has 2 rings (SSSR count). The number of hydrogen-bond acceptors (Lipinski definition) is 2. The van der Waals surface area contributed by atoms with Crippen molar-refractivity contribution in [2.45, 2.75) is 32.2 Å². The van der Waals surface area contributed by atoms with Gasteiger partial charge in [0.25, 0.3) is 0 Å². The van der Waals surface area contributed by atoms with Gasteiger partial charge in [0.1, 0.15) is 0 Å². The van der Waals surface area contributed by atoms with E-state index in [1.54, 1.807) is 0 Å². The number of nitrogens with two attached hydrogens (primary N) is 1. The molecule has 1 unspecified atom stereocenters. The Balaban J connectivity index is 1.96. The first-order chi connectivity index (χ1) is 8.58. The SMILES string of the molecule is Cc1ccccc1CC(=O)NC(C(N)=S)C1CC1. The molecule has 0 aromatic heterocycles. The number of carbonyl (C=O) groups excluding carboxylic acids is 1. The maximum atomic E-state index is 12.0. The molecule has 0 aliphatic heterocycles. The molecule has 1 atom stereocenters. The molecular weight excluding hydrogens is 244 g/mol. The average molecular weight is 262 g/mol. The summed E-state index contributed by atoms with van der Waals surface area (Å²) < 4.78 is 0. The topological polar surface area (TPSA) is 55.1 Å². The molecule has 96 valence electrons. The lowest BCUT2D eigenvalue weighted by Gasteiger charge is -2.17. The Kier molecular flexibility index (Phi) is 3.97. The number of benzene rings is 1. The zero-order valence-corrected chi connectivity index (χ0v) is 11.3. The van der Waals surface area contributed by atoms with Crippen LogP contribution in [0.25, 0.3) is 0 Å². The van der Waals surface area contributed by atoms with Crippen molar-refractivity contribution in [1.82, 2.24) is 5.32 Å². The second-order valence-corrected chi connectivity index (χ2v) is 5.36. The van der Waals surface area contributed by atoms with Crippen molar-refractivity contribution in [3.63, 3.8) is 0 Å². The van der Waals surface area contributed by atoms with Crippen LogP contribution in [0.4, 0.5) is 0 Å². The number of carbonyl (C=O) groups is 1. The molecule has 0 heterocycles. The molecule has 3 N–H and O–H groups in total. The monoisotopic (exact) mass is 262 g/mol. The summed E-state index contributed by atoms with van der Waals surface area (Å²) in [6.07, 6.45) is 2.60. The third-order valence-corrected chi connectivity index (χ3v) is 3.58. The molecule has 18 heavy (non-hydrogen) atoms. The van der Waals surface area contributed by atoms with Gasteiger partial charge >= 0.3 is 0 Å². The van der Waals surface area contributed by atoms with E-state index in [1.807, 2.05) is 31.2 Å². The summed E-state index contributed by atoms with van der Waals surface area (Å²) >= 11 is 5.01. The summed E-state index contributed by atoms with van der Waals surface area (Å²) in [7, 11) is 0. The van der Waals surface area contributed by atoms with Crippen LogP contribution in [0, 0.1) is 12.8 Å². The first-order valence-electron chi connectivity index (χ1n) is 6.21. The highest BCUT2D eigenvalue weighted by molar-refractivity contribution is 7.80. The molecule has 4 heteroatoms. The molecule has 0 bridgehead atoms. The zero-order valence-electron chi connectivity index (χ0n) is 10.5. The van der Waals surface area contributed by atoms with Crippen LogP contribution in [-0.4, -0.2) is 16.9 Å². The third kappa shape index (κ3) is 3.29. The lowest BCUT2D eigenvalue weighted by molar-refractivity contribution is -0.120. The maximum Gasteiger partial charge on any atom is 0.225 e. The molecule has 1 aromatic carbocycles. The standard InChI is InChI=1S/C14H18N2OS/c1-9-4-2-3-5-11(9)8-12(17)16-13(14(15)18)10-6-7-10/h2-5,10,13H,6-8H2,1H3,(H2,15,18)(H,16,17). The number of aryl methyl sites for hydroxylation is 1. The first kappa shape index (κ1) is 13.0. The largest absolute Gasteiger partial charge is 0.392 e. The smallest absolute Gasteiger partial charge is 0.225 e. The van der Waals surface area contributed by atoms with Crippen molar-refractivity contribution < 1.29 is 4.79 Å². The van der Waals surface area contributed by atoms with Crippen molar-refractivity contribution >= 4 is 23.1 Å². The first-order valence-corrected chi connectivity index (χ1v) is 6.62. The van der Waals surface area contributed by atoms with Gasteiger partial charge in [-0.2, -0.15) is 0 Å². The molecule has 1 aromatic rings. The van der Waals surface area contributed by atoms with E-state index in [0.29, 0.717) is 17.3 Å². The minimum atomic E-state index is -0.128. The van der Waals surface area contributed by atoms with Crippen molar-refractivity contribution in [3.05, 3.63) is 35.4 Å². The summed E-state index contributed by atoms with van der Waals surface area (Å²) in [6.45, 7) is 2.01. The second kappa shape index (κ2) is 5.48. The maximum absolute atomic E-state index is 12.0. The lowest BCUT2D eigenvalue weighted by atomic mass is 10.1. The Bertz CT molecular complexity index is 469. The minimum absolute atomic E-state index is 0.00556. The Morgan fingerprint density at radius 2 is 2.17 bits per heavy atom. The van der Waals surface area contributed by atoms with Crippen LogP contribution in [0.1, 0.15) is 24.0 Å². The fourth-order valence-electron chi connectivity index (χ4n) is 2.06. The van der Waals surface area contributed by atoms with Crippen LogP contribution in [0.3, 0.4) is 0 Å². The minimum Gasteiger partial charge on any atom is -0.392 e. The Morgan fingerprint density at radius 1 is 1.50 bits per heavy atom. The van der Waals surface area contributed by atoms with Gasteiger partial charge in [-0.1, -0.05) is 36.5 Å². The summed E-state index contributed by atoms with van der Waals surface area (Å²) in [5.74, 6) is 0.442. The summed E-state index contributed by atoms with van der Waals surface area (Å²) in [5.41, 5.74) is 7.85.